The SMILES string of the molecule is CCCC(C)(N)C(=O)NCC(C)(C)CC(C)C.Cl. The zero-order valence-corrected chi connectivity index (χ0v) is 13.6. The Morgan fingerprint density at radius 3 is 2.17 bits per heavy atom. The quantitative estimate of drug-likeness (QED) is 0.752. The van der Waals surface area contributed by atoms with Gasteiger partial charge in [-0.15, -0.1) is 12.4 Å². The van der Waals surface area contributed by atoms with E-state index in [9.17, 15) is 4.79 Å². The average molecular weight is 279 g/mol. The summed E-state index contributed by atoms with van der Waals surface area (Å²) in [5.41, 5.74) is 5.39. The molecule has 1 unspecified atom stereocenters. The third-order valence-electron chi connectivity index (χ3n) is 2.98. The van der Waals surface area contributed by atoms with Gasteiger partial charge in [-0.05, 0) is 31.1 Å². The zero-order valence-electron chi connectivity index (χ0n) is 12.8. The molecule has 0 aliphatic rings. The molecule has 0 radical (unpaired) electrons. The van der Waals surface area contributed by atoms with E-state index in [1.54, 1.807) is 6.92 Å². The fourth-order valence-electron chi connectivity index (χ4n) is 2.33. The van der Waals surface area contributed by atoms with Crippen LogP contribution in [0.15, 0.2) is 0 Å². The van der Waals surface area contributed by atoms with Crippen molar-refractivity contribution in [2.24, 2.45) is 17.1 Å². The van der Waals surface area contributed by atoms with Gasteiger partial charge in [-0.2, -0.15) is 0 Å². The molecule has 0 spiro atoms. The van der Waals surface area contributed by atoms with E-state index in [-0.39, 0.29) is 23.7 Å². The highest BCUT2D eigenvalue weighted by Gasteiger charge is 2.29. The highest BCUT2D eigenvalue weighted by atomic mass is 35.5. The highest BCUT2D eigenvalue weighted by molar-refractivity contribution is 5.85. The van der Waals surface area contributed by atoms with Gasteiger partial charge in [0.05, 0.1) is 5.54 Å². The first-order valence-corrected chi connectivity index (χ1v) is 6.68. The molecule has 18 heavy (non-hydrogen) atoms. The number of carbonyl (C=O) groups excluding carboxylic acids is 1. The first kappa shape index (κ1) is 20.0. The van der Waals surface area contributed by atoms with E-state index in [1.165, 1.54) is 0 Å². The Bertz CT molecular complexity index is 250. The second-order valence-corrected chi connectivity index (χ2v) is 6.61. The summed E-state index contributed by atoms with van der Waals surface area (Å²) in [5, 5.41) is 2.99. The zero-order chi connectivity index (χ0) is 13.7. The summed E-state index contributed by atoms with van der Waals surface area (Å²) in [4.78, 5) is 12.0. The minimum absolute atomic E-state index is 0. The van der Waals surface area contributed by atoms with E-state index < -0.39 is 5.54 Å². The van der Waals surface area contributed by atoms with Crippen molar-refractivity contribution in [1.29, 1.82) is 0 Å². The number of nitrogens with one attached hydrogen (secondary N) is 1. The fourth-order valence-corrected chi connectivity index (χ4v) is 2.33. The maximum absolute atomic E-state index is 12.0. The van der Waals surface area contributed by atoms with Gasteiger partial charge in [0, 0.05) is 6.54 Å². The maximum atomic E-state index is 12.0. The smallest absolute Gasteiger partial charge is 0.239 e. The minimum Gasteiger partial charge on any atom is -0.354 e. The van der Waals surface area contributed by atoms with Crippen LogP contribution in [0.1, 0.15) is 60.8 Å². The van der Waals surface area contributed by atoms with Crippen LogP contribution < -0.4 is 11.1 Å². The molecule has 0 aromatic carbocycles. The molecular formula is C14H31ClN2O. The van der Waals surface area contributed by atoms with Crippen molar-refractivity contribution < 1.29 is 4.79 Å². The van der Waals surface area contributed by atoms with Gasteiger partial charge in [0.25, 0.3) is 0 Å². The van der Waals surface area contributed by atoms with Gasteiger partial charge in [0.2, 0.25) is 5.91 Å². The summed E-state index contributed by atoms with van der Waals surface area (Å²) in [6.45, 7) is 13.3. The molecule has 0 bridgehead atoms. The lowest BCUT2D eigenvalue weighted by atomic mass is 9.83. The Labute approximate surface area is 119 Å². The van der Waals surface area contributed by atoms with E-state index in [0.717, 1.165) is 19.3 Å². The maximum Gasteiger partial charge on any atom is 0.239 e. The first-order chi connectivity index (χ1) is 7.60. The van der Waals surface area contributed by atoms with Crippen molar-refractivity contribution in [3.8, 4) is 0 Å². The van der Waals surface area contributed by atoms with Crippen LogP contribution in [-0.4, -0.2) is 18.0 Å². The lowest BCUT2D eigenvalue weighted by molar-refractivity contribution is -0.126. The Hall–Kier alpha value is -0.280. The third-order valence-corrected chi connectivity index (χ3v) is 2.98. The van der Waals surface area contributed by atoms with Crippen molar-refractivity contribution in [2.75, 3.05) is 6.54 Å². The van der Waals surface area contributed by atoms with Gasteiger partial charge in [0.1, 0.15) is 0 Å². The van der Waals surface area contributed by atoms with E-state index in [4.69, 9.17) is 5.73 Å². The minimum atomic E-state index is -0.733. The number of hydrogen-bond acceptors (Lipinski definition) is 2. The second kappa shape index (κ2) is 8.00. The summed E-state index contributed by atoms with van der Waals surface area (Å²) < 4.78 is 0. The molecule has 110 valence electrons. The number of nitrogens with two attached hydrogens (primary N) is 1. The molecule has 0 rings (SSSR count). The van der Waals surface area contributed by atoms with Gasteiger partial charge in [0.15, 0.2) is 0 Å². The Balaban J connectivity index is 0. The molecule has 0 aliphatic heterocycles. The molecule has 0 aliphatic carbocycles. The predicted molar refractivity (Wildman–Crippen MR) is 81.0 cm³/mol. The van der Waals surface area contributed by atoms with E-state index in [2.05, 4.69) is 33.0 Å². The molecule has 3 N–H and O–H groups in total. The molecular weight excluding hydrogens is 248 g/mol. The summed E-state index contributed by atoms with van der Waals surface area (Å²) >= 11 is 0. The Morgan fingerprint density at radius 1 is 1.28 bits per heavy atom. The lowest BCUT2D eigenvalue weighted by Crippen LogP contribution is -2.53. The summed E-state index contributed by atoms with van der Waals surface area (Å²) in [6.07, 6.45) is 2.75. The molecule has 1 atom stereocenters. The normalized spacial score (nSPS) is 14.9. The molecule has 0 fully saturated rings. The fraction of sp³-hybridized carbons (Fsp3) is 0.929. The first-order valence-electron chi connectivity index (χ1n) is 6.68. The van der Waals surface area contributed by atoms with Gasteiger partial charge >= 0.3 is 0 Å². The van der Waals surface area contributed by atoms with Gasteiger partial charge in [-0.1, -0.05) is 41.0 Å². The van der Waals surface area contributed by atoms with Crippen molar-refractivity contribution in [1.82, 2.24) is 5.32 Å². The molecule has 3 nitrogen and oxygen atoms in total. The number of halogens is 1. The number of amides is 1. The van der Waals surface area contributed by atoms with Crippen molar-refractivity contribution in [3.05, 3.63) is 0 Å². The van der Waals surface area contributed by atoms with Crippen molar-refractivity contribution in [2.45, 2.75) is 66.3 Å². The standard InChI is InChI=1S/C14H30N2O.ClH/c1-7-8-14(6,15)12(17)16-10-13(4,5)9-11(2)3;/h11H,7-10,15H2,1-6H3,(H,16,17);1H. The molecule has 0 saturated carbocycles. The highest BCUT2D eigenvalue weighted by Crippen LogP contribution is 2.24. The average Bonchev–Trinajstić information content (AvgIpc) is 2.12. The van der Waals surface area contributed by atoms with Crippen LogP contribution >= 0.6 is 12.4 Å². The van der Waals surface area contributed by atoms with E-state index in [0.29, 0.717) is 12.5 Å². The largest absolute Gasteiger partial charge is 0.354 e. The molecule has 4 heteroatoms. The molecule has 0 aromatic rings. The van der Waals surface area contributed by atoms with Crippen molar-refractivity contribution in [3.63, 3.8) is 0 Å². The molecule has 0 heterocycles. The summed E-state index contributed by atoms with van der Waals surface area (Å²) in [5.74, 6) is 0.609. The summed E-state index contributed by atoms with van der Waals surface area (Å²) in [6, 6.07) is 0. The third kappa shape index (κ3) is 7.93. The van der Waals surface area contributed by atoms with Crippen LogP contribution in [0, 0.1) is 11.3 Å². The van der Waals surface area contributed by atoms with Gasteiger partial charge in [-0.3, -0.25) is 4.79 Å². The topological polar surface area (TPSA) is 55.1 Å². The lowest BCUT2D eigenvalue weighted by Gasteiger charge is -2.30. The monoisotopic (exact) mass is 278 g/mol. The van der Waals surface area contributed by atoms with Gasteiger partial charge in [-0.25, -0.2) is 0 Å². The van der Waals surface area contributed by atoms with Crippen LogP contribution in [0.3, 0.4) is 0 Å². The van der Waals surface area contributed by atoms with Crippen molar-refractivity contribution >= 4 is 18.3 Å². The van der Waals surface area contributed by atoms with E-state index in [1.807, 2.05) is 6.92 Å². The van der Waals surface area contributed by atoms with Crippen LogP contribution in [0.2, 0.25) is 0 Å². The molecule has 0 aromatic heterocycles. The predicted octanol–water partition coefficient (Wildman–Crippen LogP) is 3.11. The number of hydrogen-bond donors (Lipinski definition) is 2. The summed E-state index contributed by atoms with van der Waals surface area (Å²) in [7, 11) is 0. The van der Waals surface area contributed by atoms with Crippen LogP contribution in [0.4, 0.5) is 0 Å². The molecule has 1 amide bonds. The van der Waals surface area contributed by atoms with Gasteiger partial charge < -0.3 is 11.1 Å². The molecule has 0 saturated heterocycles. The second-order valence-electron chi connectivity index (χ2n) is 6.61. The Morgan fingerprint density at radius 2 is 1.78 bits per heavy atom. The number of rotatable bonds is 7. The van der Waals surface area contributed by atoms with Crippen LogP contribution in [0.5, 0.6) is 0 Å². The van der Waals surface area contributed by atoms with E-state index >= 15 is 0 Å². The Kier molecular flexibility index (Phi) is 8.91. The van der Waals surface area contributed by atoms with Crippen LogP contribution in [-0.2, 0) is 4.79 Å². The van der Waals surface area contributed by atoms with Crippen LogP contribution in [0.25, 0.3) is 0 Å². The number of carbonyl (C=O) groups is 1.